The summed E-state index contributed by atoms with van der Waals surface area (Å²) < 4.78 is 20.8. The van der Waals surface area contributed by atoms with Gasteiger partial charge in [-0.25, -0.2) is 9.07 Å². The number of halogens is 1. The molecule has 0 fully saturated rings. The molecule has 3 aromatic heterocycles. The smallest absolute Gasteiger partial charge is 0.252 e. The van der Waals surface area contributed by atoms with E-state index in [1.165, 1.54) is 12.1 Å². The van der Waals surface area contributed by atoms with E-state index < -0.39 is 0 Å². The minimum atomic E-state index is -0.293. The zero-order valence-electron chi connectivity index (χ0n) is 21.9. The molecule has 2 aromatic carbocycles. The highest BCUT2D eigenvalue weighted by Gasteiger charge is 2.26. The van der Waals surface area contributed by atoms with E-state index >= 15 is 0 Å². The van der Waals surface area contributed by atoms with Crippen LogP contribution in [-0.4, -0.2) is 41.7 Å². The van der Waals surface area contributed by atoms with Crippen molar-refractivity contribution in [2.45, 2.75) is 45.9 Å². The molecule has 0 saturated carbocycles. The SMILES string of the molecule is CCOc1ccc2[nH]c(=O)c(CN(Cc3cccnc3)[C@H](CC)c3nnnn3Cc3ccc(F)cc3)cc2c1. The number of rotatable bonds is 11. The molecule has 0 saturated heterocycles. The van der Waals surface area contributed by atoms with E-state index in [2.05, 4.69) is 37.3 Å². The molecule has 0 aliphatic heterocycles. The zero-order valence-corrected chi connectivity index (χ0v) is 21.9. The quantitative estimate of drug-likeness (QED) is 0.267. The van der Waals surface area contributed by atoms with E-state index in [1.807, 2.05) is 49.5 Å². The molecule has 5 rings (SSSR count). The third-order valence-corrected chi connectivity index (χ3v) is 6.62. The van der Waals surface area contributed by atoms with Crippen LogP contribution in [0.5, 0.6) is 5.75 Å². The number of aromatic amines is 1. The Balaban J connectivity index is 1.50. The van der Waals surface area contributed by atoms with Gasteiger partial charge in [-0.1, -0.05) is 25.1 Å². The van der Waals surface area contributed by atoms with Crippen molar-refractivity contribution < 1.29 is 9.13 Å². The molecule has 0 unspecified atom stereocenters. The standard InChI is InChI=1S/C29H30FN7O2/c1-3-27(28-33-34-35-37(28)18-20-7-9-24(30)10-8-20)36(17-21-6-5-13-31-16-21)19-23-14-22-15-25(39-4-2)11-12-26(22)32-29(23)38/h5-16,27H,3-4,17-19H2,1-2H3,(H,32,38)/t27-/m1/s1. The molecule has 10 heteroatoms. The molecule has 0 radical (unpaired) electrons. The third-order valence-electron chi connectivity index (χ3n) is 6.62. The molecule has 3 heterocycles. The number of pyridine rings is 2. The first-order valence-corrected chi connectivity index (χ1v) is 13.0. The van der Waals surface area contributed by atoms with Crippen molar-refractivity contribution in [3.63, 3.8) is 0 Å². The van der Waals surface area contributed by atoms with E-state index in [0.717, 1.165) is 27.8 Å². The monoisotopic (exact) mass is 527 g/mol. The van der Waals surface area contributed by atoms with Crippen LogP contribution in [0.1, 0.15) is 48.8 Å². The Morgan fingerprint density at radius 1 is 1.05 bits per heavy atom. The van der Waals surface area contributed by atoms with Crippen molar-refractivity contribution >= 4 is 10.9 Å². The highest BCUT2D eigenvalue weighted by Crippen LogP contribution is 2.27. The number of fused-ring (bicyclic) bond motifs is 1. The Bertz CT molecular complexity index is 1590. The maximum absolute atomic E-state index is 13.4. The van der Waals surface area contributed by atoms with Gasteiger partial charge in [0.15, 0.2) is 5.82 Å². The Kier molecular flexibility index (Phi) is 8.02. The van der Waals surface area contributed by atoms with Crippen molar-refractivity contribution in [3.05, 3.63) is 112 Å². The molecule has 5 aromatic rings. The number of ether oxygens (including phenoxy) is 1. The summed E-state index contributed by atoms with van der Waals surface area (Å²) in [5, 5.41) is 13.5. The Morgan fingerprint density at radius 2 is 1.90 bits per heavy atom. The largest absolute Gasteiger partial charge is 0.494 e. The molecule has 0 aliphatic carbocycles. The van der Waals surface area contributed by atoms with Crippen molar-refractivity contribution in [3.8, 4) is 5.75 Å². The van der Waals surface area contributed by atoms with Gasteiger partial charge in [0.2, 0.25) is 0 Å². The predicted octanol–water partition coefficient (Wildman–Crippen LogP) is 4.65. The molecule has 0 bridgehead atoms. The minimum Gasteiger partial charge on any atom is -0.494 e. The van der Waals surface area contributed by atoms with E-state index in [0.29, 0.717) is 44.0 Å². The number of aromatic nitrogens is 6. The second-order valence-electron chi connectivity index (χ2n) is 9.32. The molecule has 9 nitrogen and oxygen atoms in total. The van der Waals surface area contributed by atoms with Crippen LogP contribution >= 0.6 is 0 Å². The minimum absolute atomic E-state index is 0.149. The highest BCUT2D eigenvalue weighted by molar-refractivity contribution is 5.80. The van der Waals surface area contributed by atoms with Gasteiger partial charge >= 0.3 is 0 Å². The van der Waals surface area contributed by atoms with Crippen LogP contribution in [0.25, 0.3) is 10.9 Å². The lowest BCUT2D eigenvalue weighted by Crippen LogP contribution is -2.32. The van der Waals surface area contributed by atoms with Gasteiger partial charge in [0, 0.05) is 41.9 Å². The molecule has 1 N–H and O–H groups in total. The van der Waals surface area contributed by atoms with Gasteiger partial charge in [0.05, 0.1) is 19.2 Å². The first-order chi connectivity index (χ1) is 19.0. The number of hydrogen-bond acceptors (Lipinski definition) is 7. The van der Waals surface area contributed by atoms with Crippen molar-refractivity contribution in [2.24, 2.45) is 0 Å². The maximum Gasteiger partial charge on any atom is 0.252 e. The summed E-state index contributed by atoms with van der Waals surface area (Å²) in [6.45, 7) is 5.86. The van der Waals surface area contributed by atoms with Gasteiger partial charge in [0.25, 0.3) is 5.56 Å². The van der Waals surface area contributed by atoms with E-state index in [-0.39, 0.29) is 17.4 Å². The maximum atomic E-state index is 13.4. The second kappa shape index (κ2) is 12.0. The van der Waals surface area contributed by atoms with Crippen LogP contribution in [0.15, 0.2) is 77.9 Å². The summed E-state index contributed by atoms with van der Waals surface area (Å²) >= 11 is 0. The lowest BCUT2D eigenvalue weighted by Gasteiger charge is -2.30. The van der Waals surface area contributed by atoms with Crippen molar-refractivity contribution in [1.82, 2.24) is 35.1 Å². The average molecular weight is 528 g/mol. The summed E-state index contributed by atoms with van der Waals surface area (Å²) in [7, 11) is 0. The molecule has 39 heavy (non-hydrogen) atoms. The fraction of sp³-hybridized carbons (Fsp3) is 0.276. The molecule has 1 atom stereocenters. The molecule has 200 valence electrons. The van der Waals surface area contributed by atoms with E-state index in [9.17, 15) is 9.18 Å². The summed E-state index contributed by atoms with van der Waals surface area (Å²) in [4.78, 5) is 22.6. The van der Waals surface area contributed by atoms with Crippen LogP contribution in [0.2, 0.25) is 0 Å². The number of tetrazole rings is 1. The number of hydrogen-bond donors (Lipinski definition) is 1. The normalized spacial score (nSPS) is 12.2. The number of H-pyrrole nitrogens is 1. The van der Waals surface area contributed by atoms with Crippen LogP contribution in [0, 0.1) is 5.82 Å². The highest BCUT2D eigenvalue weighted by atomic mass is 19.1. The van der Waals surface area contributed by atoms with Crippen molar-refractivity contribution in [2.75, 3.05) is 6.61 Å². The fourth-order valence-electron chi connectivity index (χ4n) is 4.75. The Hall–Kier alpha value is -4.44. The first kappa shape index (κ1) is 26.2. The first-order valence-electron chi connectivity index (χ1n) is 13.0. The summed E-state index contributed by atoms with van der Waals surface area (Å²) in [5.74, 6) is 1.13. The van der Waals surface area contributed by atoms with Crippen molar-refractivity contribution in [1.29, 1.82) is 0 Å². The van der Waals surface area contributed by atoms with E-state index in [1.54, 1.807) is 23.0 Å². The topological polar surface area (TPSA) is 102 Å². The lowest BCUT2D eigenvalue weighted by molar-refractivity contribution is 0.161. The van der Waals surface area contributed by atoms with Crippen LogP contribution in [-0.2, 0) is 19.6 Å². The summed E-state index contributed by atoms with van der Waals surface area (Å²) in [6.07, 6.45) is 4.25. The fourth-order valence-corrected chi connectivity index (χ4v) is 4.75. The summed E-state index contributed by atoms with van der Waals surface area (Å²) in [6, 6.07) is 17.6. The number of benzene rings is 2. The van der Waals surface area contributed by atoms with Crippen LogP contribution in [0.4, 0.5) is 4.39 Å². The molecule has 0 spiro atoms. The number of nitrogens with one attached hydrogen (secondary N) is 1. The Morgan fingerprint density at radius 3 is 2.64 bits per heavy atom. The second-order valence-corrected chi connectivity index (χ2v) is 9.32. The van der Waals surface area contributed by atoms with Gasteiger partial charge in [-0.3, -0.25) is 14.7 Å². The lowest BCUT2D eigenvalue weighted by atomic mass is 10.1. The average Bonchev–Trinajstić information content (AvgIpc) is 3.39. The van der Waals surface area contributed by atoms with Gasteiger partial charge < -0.3 is 9.72 Å². The Labute approximate surface area is 225 Å². The molecule has 0 amide bonds. The van der Waals surface area contributed by atoms with Crippen LogP contribution < -0.4 is 10.3 Å². The third kappa shape index (κ3) is 6.18. The van der Waals surface area contributed by atoms with Gasteiger partial charge in [-0.2, -0.15) is 0 Å². The van der Waals surface area contributed by atoms with E-state index in [4.69, 9.17) is 4.74 Å². The zero-order chi connectivity index (χ0) is 27.2. The summed E-state index contributed by atoms with van der Waals surface area (Å²) in [5.41, 5.74) is 3.11. The number of nitrogens with zero attached hydrogens (tertiary/aromatic N) is 6. The van der Waals surface area contributed by atoms with Crippen LogP contribution in [0.3, 0.4) is 0 Å². The molecule has 0 aliphatic rings. The van der Waals surface area contributed by atoms with Gasteiger partial charge in [-0.05, 0) is 77.4 Å². The predicted molar refractivity (Wildman–Crippen MR) is 146 cm³/mol. The van der Waals surface area contributed by atoms with Gasteiger partial charge in [0.1, 0.15) is 11.6 Å². The van der Waals surface area contributed by atoms with Gasteiger partial charge in [-0.15, -0.1) is 5.10 Å². The molecular formula is C29H30FN7O2. The molecular weight excluding hydrogens is 497 g/mol.